The molecule has 0 aromatic rings. The van der Waals surface area contributed by atoms with Crippen molar-refractivity contribution in [1.82, 2.24) is 0 Å². The largest absolute Gasteiger partial charge is 0.472 e. The lowest BCUT2D eigenvalue weighted by atomic mass is 10.00. The predicted molar refractivity (Wildman–Crippen MR) is 395 cm³/mol. The topological polar surface area (TPSA) is 237 Å². The zero-order valence-corrected chi connectivity index (χ0v) is 65.5. The highest BCUT2D eigenvalue weighted by atomic mass is 31.2. The molecule has 0 aliphatic carbocycles. The van der Waals surface area contributed by atoms with Gasteiger partial charge in [0.15, 0.2) is 12.2 Å². The zero-order chi connectivity index (χ0) is 71.7. The van der Waals surface area contributed by atoms with Crippen molar-refractivity contribution < 1.29 is 80.2 Å². The average Bonchev–Trinajstić information content (AvgIpc) is 1.42. The third-order valence-electron chi connectivity index (χ3n) is 18.4. The lowest BCUT2D eigenvalue weighted by Crippen LogP contribution is -2.30. The molecule has 0 aliphatic heterocycles. The molecule has 0 fully saturated rings. The Labute approximate surface area is 594 Å². The van der Waals surface area contributed by atoms with Gasteiger partial charge in [-0.25, -0.2) is 9.13 Å². The summed E-state index contributed by atoms with van der Waals surface area (Å²) in [5.41, 5.74) is 0. The van der Waals surface area contributed by atoms with E-state index in [4.69, 9.17) is 37.0 Å². The molecule has 0 saturated carbocycles. The molecule has 17 nitrogen and oxygen atoms in total. The fraction of sp³-hybridized carbons (Fsp3) is 0.949. The van der Waals surface area contributed by atoms with Crippen molar-refractivity contribution >= 4 is 39.5 Å². The van der Waals surface area contributed by atoms with Crippen LogP contribution in [-0.4, -0.2) is 96.7 Å². The quantitative estimate of drug-likeness (QED) is 0.0222. The highest BCUT2D eigenvalue weighted by Gasteiger charge is 2.30. The maximum Gasteiger partial charge on any atom is 0.472 e. The minimum absolute atomic E-state index is 0.106. The first-order valence-electron chi connectivity index (χ1n) is 40.2. The summed E-state index contributed by atoms with van der Waals surface area (Å²) in [4.78, 5) is 72.8. The molecule has 576 valence electrons. The van der Waals surface area contributed by atoms with Crippen LogP contribution in [0, 0.1) is 23.7 Å². The molecule has 0 rings (SSSR count). The van der Waals surface area contributed by atoms with Crippen LogP contribution in [0.3, 0.4) is 0 Å². The fourth-order valence-corrected chi connectivity index (χ4v) is 13.5. The molecule has 3 unspecified atom stereocenters. The van der Waals surface area contributed by atoms with Crippen LogP contribution in [0.1, 0.15) is 396 Å². The first-order chi connectivity index (χ1) is 46.6. The van der Waals surface area contributed by atoms with E-state index in [2.05, 4.69) is 55.4 Å². The average molecular weight is 1420 g/mol. The Bertz CT molecular complexity index is 1900. The van der Waals surface area contributed by atoms with Crippen LogP contribution in [0.5, 0.6) is 0 Å². The summed E-state index contributed by atoms with van der Waals surface area (Å²) in [5.74, 6) is 0.934. The number of carbonyl (C=O) groups is 4. The van der Waals surface area contributed by atoms with E-state index in [0.29, 0.717) is 25.7 Å². The Hall–Kier alpha value is -1.94. The van der Waals surface area contributed by atoms with E-state index < -0.39 is 97.5 Å². The number of hydrogen-bond acceptors (Lipinski definition) is 15. The van der Waals surface area contributed by atoms with Gasteiger partial charge >= 0.3 is 39.5 Å². The van der Waals surface area contributed by atoms with Gasteiger partial charge in [-0.2, -0.15) is 0 Å². The Morgan fingerprint density at radius 2 is 0.495 bits per heavy atom. The summed E-state index contributed by atoms with van der Waals surface area (Å²) < 4.78 is 68.6. The molecule has 0 radical (unpaired) electrons. The number of aliphatic hydroxyl groups is 1. The summed E-state index contributed by atoms with van der Waals surface area (Å²) in [6, 6.07) is 0. The number of unbranched alkanes of at least 4 members (excludes halogenated alkanes) is 40. The van der Waals surface area contributed by atoms with Crippen molar-refractivity contribution in [1.29, 1.82) is 0 Å². The van der Waals surface area contributed by atoms with Crippen LogP contribution in [0.15, 0.2) is 0 Å². The SMILES string of the molecule is CCC(C)CCCCCCCCC(=O)OC[C@H](COP(=O)(O)OC[C@H](O)COP(=O)(O)OC[C@@H](COC(=O)CCCCCCCCCCC(C)C)OC(=O)CCCCCCCCCCCCCCCCCCCCC(C)C)OC(=O)CCCCCCCCCCCCCCC(C)C. The minimum atomic E-state index is -4.96. The summed E-state index contributed by atoms with van der Waals surface area (Å²) in [5, 5.41) is 10.6. The number of ether oxygens (including phenoxy) is 4. The smallest absolute Gasteiger partial charge is 0.462 e. The maximum absolute atomic E-state index is 13.1. The van der Waals surface area contributed by atoms with Crippen molar-refractivity contribution in [3.8, 4) is 0 Å². The molecule has 0 spiro atoms. The fourth-order valence-electron chi connectivity index (χ4n) is 11.9. The van der Waals surface area contributed by atoms with Gasteiger partial charge in [-0.15, -0.1) is 0 Å². The van der Waals surface area contributed by atoms with Crippen LogP contribution < -0.4 is 0 Å². The van der Waals surface area contributed by atoms with Gasteiger partial charge in [0.2, 0.25) is 0 Å². The van der Waals surface area contributed by atoms with E-state index in [1.54, 1.807) is 0 Å². The second-order valence-electron chi connectivity index (χ2n) is 29.8. The van der Waals surface area contributed by atoms with Gasteiger partial charge in [0.05, 0.1) is 26.4 Å². The molecular weight excluding hydrogens is 1270 g/mol. The maximum atomic E-state index is 13.1. The summed E-state index contributed by atoms with van der Waals surface area (Å²) in [7, 11) is -9.92. The van der Waals surface area contributed by atoms with Crippen LogP contribution >= 0.6 is 15.6 Å². The van der Waals surface area contributed by atoms with Crippen LogP contribution in [0.25, 0.3) is 0 Å². The van der Waals surface area contributed by atoms with Crippen molar-refractivity contribution in [2.45, 2.75) is 414 Å². The molecule has 3 N–H and O–H groups in total. The van der Waals surface area contributed by atoms with Crippen LogP contribution in [0.4, 0.5) is 0 Å². The first-order valence-corrected chi connectivity index (χ1v) is 43.2. The van der Waals surface area contributed by atoms with E-state index >= 15 is 0 Å². The highest BCUT2D eigenvalue weighted by Crippen LogP contribution is 2.45. The number of phosphoric acid groups is 2. The van der Waals surface area contributed by atoms with E-state index in [-0.39, 0.29) is 25.7 Å². The van der Waals surface area contributed by atoms with Gasteiger partial charge in [0.1, 0.15) is 19.3 Å². The van der Waals surface area contributed by atoms with Gasteiger partial charge in [0.25, 0.3) is 0 Å². The summed E-state index contributed by atoms with van der Waals surface area (Å²) in [6.45, 7) is 14.2. The molecule has 0 aliphatic rings. The normalized spacial score (nSPS) is 14.4. The van der Waals surface area contributed by atoms with E-state index in [9.17, 15) is 43.2 Å². The number of phosphoric ester groups is 2. The number of carbonyl (C=O) groups excluding carboxylic acids is 4. The predicted octanol–water partition coefficient (Wildman–Crippen LogP) is 22.8. The molecule has 0 aromatic heterocycles. The third kappa shape index (κ3) is 70.9. The molecule has 0 saturated heterocycles. The number of aliphatic hydroxyl groups excluding tert-OH is 1. The first kappa shape index (κ1) is 95.1. The second kappa shape index (κ2) is 67.2. The lowest BCUT2D eigenvalue weighted by molar-refractivity contribution is -0.161. The molecule has 19 heteroatoms. The van der Waals surface area contributed by atoms with Crippen molar-refractivity contribution in [3.63, 3.8) is 0 Å². The van der Waals surface area contributed by atoms with E-state index in [1.807, 2.05) is 0 Å². The molecular formula is C78H152O17P2. The lowest BCUT2D eigenvalue weighted by Gasteiger charge is -2.21. The van der Waals surface area contributed by atoms with Gasteiger partial charge < -0.3 is 33.8 Å². The minimum Gasteiger partial charge on any atom is -0.462 e. The standard InChI is InChI=1S/C78H152O17P2/c1-9-71(8)57-49-41-36-37-43-51-59-76(81)89-65-74(95-78(83)61-53-45-35-27-23-19-18-21-25-31-39-47-55-69(4)5)67-93-97(86,87)91-63-72(79)62-90-96(84,85)92-66-73(64-88-75(80)58-50-42-33-29-28-32-40-48-56-70(6)7)94-77(82)60-52-44-34-26-22-17-15-13-11-10-12-14-16-20-24-30-38-46-54-68(2)3/h68-74,79H,9-67H2,1-8H3,(H,84,85)(H,86,87)/t71?,72-,73-,74-/m1/s1. The van der Waals surface area contributed by atoms with E-state index in [1.165, 1.54) is 193 Å². The van der Waals surface area contributed by atoms with Gasteiger partial charge in [0, 0.05) is 25.7 Å². The van der Waals surface area contributed by atoms with Crippen LogP contribution in [-0.2, 0) is 65.4 Å². The molecule has 0 bridgehead atoms. The van der Waals surface area contributed by atoms with Gasteiger partial charge in [-0.3, -0.25) is 37.3 Å². The van der Waals surface area contributed by atoms with Gasteiger partial charge in [-0.1, -0.05) is 344 Å². The number of esters is 4. The Morgan fingerprint density at radius 3 is 0.732 bits per heavy atom. The zero-order valence-electron chi connectivity index (χ0n) is 63.7. The van der Waals surface area contributed by atoms with Crippen molar-refractivity contribution in [2.24, 2.45) is 23.7 Å². The molecule has 97 heavy (non-hydrogen) atoms. The third-order valence-corrected chi connectivity index (χ3v) is 20.3. The molecule has 6 atom stereocenters. The Morgan fingerprint density at radius 1 is 0.289 bits per heavy atom. The van der Waals surface area contributed by atoms with Crippen molar-refractivity contribution in [3.05, 3.63) is 0 Å². The van der Waals surface area contributed by atoms with Crippen molar-refractivity contribution in [2.75, 3.05) is 39.6 Å². The Balaban J connectivity index is 5.20. The van der Waals surface area contributed by atoms with Crippen LogP contribution in [0.2, 0.25) is 0 Å². The Kier molecular flexibility index (Phi) is 65.9. The monoisotopic (exact) mass is 1420 g/mol. The molecule has 0 heterocycles. The number of rotatable bonds is 75. The summed E-state index contributed by atoms with van der Waals surface area (Å²) in [6.07, 6.45) is 52.9. The van der Waals surface area contributed by atoms with E-state index in [0.717, 1.165) is 120 Å². The number of hydrogen-bond donors (Lipinski definition) is 3. The highest BCUT2D eigenvalue weighted by molar-refractivity contribution is 7.47. The second-order valence-corrected chi connectivity index (χ2v) is 32.7. The molecule has 0 amide bonds. The molecule has 0 aromatic carbocycles. The summed E-state index contributed by atoms with van der Waals surface area (Å²) >= 11 is 0. The van der Waals surface area contributed by atoms with Gasteiger partial charge in [-0.05, 0) is 49.4 Å².